The fourth-order valence-corrected chi connectivity index (χ4v) is 3.34. The maximum absolute atomic E-state index is 13.3. The van der Waals surface area contributed by atoms with Gasteiger partial charge in [0.2, 0.25) is 15.8 Å². The number of hydrogen-bond donors (Lipinski definition) is 1. The number of nitrogens with zero attached hydrogens (tertiary/aromatic N) is 1. The van der Waals surface area contributed by atoms with Gasteiger partial charge in [-0.25, -0.2) is 22.3 Å². The van der Waals surface area contributed by atoms with Crippen LogP contribution >= 0.6 is 0 Å². The minimum absolute atomic E-state index is 0.157. The monoisotopic (exact) mass is 382 g/mol. The number of benzene rings is 2. The van der Waals surface area contributed by atoms with E-state index in [1.54, 1.807) is 13.8 Å². The summed E-state index contributed by atoms with van der Waals surface area (Å²) in [6.45, 7) is 3.28. The highest BCUT2D eigenvalue weighted by atomic mass is 32.2. The largest absolute Gasteiger partial charge is 0.415 e. The van der Waals surface area contributed by atoms with Crippen molar-refractivity contribution in [3.8, 4) is 5.75 Å². The molecule has 0 amide bonds. The number of hydrogen-bond acceptors (Lipinski definition) is 6. The minimum Gasteiger partial charge on any atom is -0.415 e. The van der Waals surface area contributed by atoms with Gasteiger partial charge in [-0.15, -0.1) is 0 Å². The van der Waals surface area contributed by atoms with Gasteiger partial charge in [-0.1, -0.05) is 6.07 Å². The molecule has 0 saturated heterocycles. The molecule has 26 heavy (non-hydrogen) atoms. The average molecular weight is 382 g/mol. The zero-order valence-corrected chi connectivity index (χ0v) is 14.6. The number of ether oxygens (including phenoxy) is 1. The van der Waals surface area contributed by atoms with Gasteiger partial charge in [-0.05, 0) is 38.1 Å². The highest BCUT2D eigenvalue weighted by Crippen LogP contribution is 2.28. The highest BCUT2D eigenvalue weighted by molar-refractivity contribution is 7.89. The standard InChI is InChI=1S/C16H15FN2O6S/c1-10(2)18-26(23,24)13-5-3-4-11(8-13)16(20)25-15-9-12(17)6-7-14(15)19(21)22/h3-10,18H,1-2H3. The van der Waals surface area contributed by atoms with Crippen LogP contribution in [0.25, 0.3) is 0 Å². The molecule has 0 radical (unpaired) electrons. The third-order valence-electron chi connectivity index (χ3n) is 3.09. The summed E-state index contributed by atoms with van der Waals surface area (Å²) in [5.41, 5.74) is -0.750. The Morgan fingerprint density at radius 1 is 1.23 bits per heavy atom. The number of nitrogens with one attached hydrogen (secondary N) is 1. The van der Waals surface area contributed by atoms with Gasteiger partial charge < -0.3 is 4.74 Å². The second-order valence-electron chi connectivity index (χ2n) is 5.56. The number of nitro benzene ring substituents is 1. The minimum atomic E-state index is -3.84. The molecule has 0 heterocycles. The van der Waals surface area contributed by atoms with Gasteiger partial charge in [0, 0.05) is 18.2 Å². The van der Waals surface area contributed by atoms with Crippen LogP contribution in [0.5, 0.6) is 5.75 Å². The van der Waals surface area contributed by atoms with Crippen LogP contribution in [0.2, 0.25) is 0 Å². The lowest BCUT2D eigenvalue weighted by Crippen LogP contribution is -2.30. The Bertz CT molecular complexity index is 959. The lowest BCUT2D eigenvalue weighted by molar-refractivity contribution is -0.385. The van der Waals surface area contributed by atoms with Gasteiger partial charge in [-0.2, -0.15) is 0 Å². The second kappa shape index (κ2) is 7.58. The molecule has 10 heteroatoms. The van der Waals surface area contributed by atoms with Crippen molar-refractivity contribution in [2.75, 3.05) is 0 Å². The summed E-state index contributed by atoms with van der Waals surface area (Å²) in [7, 11) is -3.84. The van der Waals surface area contributed by atoms with E-state index in [1.165, 1.54) is 18.2 Å². The highest BCUT2D eigenvalue weighted by Gasteiger charge is 2.22. The van der Waals surface area contributed by atoms with Gasteiger partial charge in [0.25, 0.3) is 0 Å². The topological polar surface area (TPSA) is 116 Å². The Balaban J connectivity index is 2.34. The van der Waals surface area contributed by atoms with Crippen molar-refractivity contribution >= 4 is 21.7 Å². The Morgan fingerprint density at radius 3 is 2.54 bits per heavy atom. The quantitative estimate of drug-likeness (QED) is 0.355. The predicted molar refractivity (Wildman–Crippen MR) is 89.9 cm³/mol. The van der Waals surface area contributed by atoms with Crippen LogP contribution in [0, 0.1) is 15.9 Å². The second-order valence-corrected chi connectivity index (χ2v) is 7.28. The number of carbonyl (C=O) groups is 1. The fraction of sp³-hybridized carbons (Fsp3) is 0.188. The van der Waals surface area contributed by atoms with Crippen molar-refractivity contribution in [2.24, 2.45) is 0 Å². The molecule has 0 bridgehead atoms. The Morgan fingerprint density at radius 2 is 1.92 bits per heavy atom. The summed E-state index contributed by atoms with van der Waals surface area (Å²) in [4.78, 5) is 22.2. The van der Waals surface area contributed by atoms with Crippen molar-refractivity contribution in [2.45, 2.75) is 24.8 Å². The van der Waals surface area contributed by atoms with E-state index < -0.39 is 38.2 Å². The zero-order chi connectivity index (χ0) is 19.5. The number of rotatable bonds is 6. The predicted octanol–water partition coefficient (Wildman–Crippen LogP) is 2.64. The summed E-state index contributed by atoms with van der Waals surface area (Å²) in [5.74, 6) is -2.45. The zero-order valence-electron chi connectivity index (χ0n) is 13.8. The molecule has 0 unspecified atom stereocenters. The number of sulfonamides is 1. The van der Waals surface area contributed by atoms with Gasteiger partial charge in [0.05, 0.1) is 15.4 Å². The average Bonchev–Trinajstić information content (AvgIpc) is 2.53. The first-order valence-corrected chi connectivity index (χ1v) is 8.87. The van der Waals surface area contributed by atoms with Crippen molar-refractivity contribution in [1.82, 2.24) is 4.72 Å². The van der Waals surface area contributed by atoms with E-state index in [0.29, 0.717) is 6.07 Å². The molecular formula is C16H15FN2O6S. The Hall–Kier alpha value is -2.85. The van der Waals surface area contributed by atoms with Gasteiger partial charge in [0.1, 0.15) is 5.82 Å². The van der Waals surface area contributed by atoms with Gasteiger partial charge in [-0.3, -0.25) is 10.1 Å². The summed E-state index contributed by atoms with van der Waals surface area (Å²) >= 11 is 0. The first-order valence-electron chi connectivity index (χ1n) is 7.38. The van der Waals surface area contributed by atoms with Crippen LogP contribution in [0.1, 0.15) is 24.2 Å². The van der Waals surface area contributed by atoms with Crippen molar-refractivity contribution in [3.63, 3.8) is 0 Å². The molecular weight excluding hydrogens is 367 g/mol. The maximum atomic E-state index is 13.3. The Kier molecular flexibility index (Phi) is 5.68. The molecule has 0 atom stereocenters. The Labute approximate surface area is 148 Å². The van der Waals surface area contributed by atoms with Crippen LogP contribution in [-0.4, -0.2) is 25.4 Å². The van der Waals surface area contributed by atoms with Gasteiger partial charge >= 0.3 is 11.7 Å². The van der Waals surface area contributed by atoms with E-state index in [1.807, 2.05) is 0 Å². The smallest absolute Gasteiger partial charge is 0.343 e. The normalized spacial score (nSPS) is 11.4. The van der Waals surface area contributed by atoms with E-state index >= 15 is 0 Å². The molecule has 138 valence electrons. The first kappa shape index (κ1) is 19.5. The van der Waals surface area contributed by atoms with Crippen LogP contribution in [0.3, 0.4) is 0 Å². The van der Waals surface area contributed by atoms with E-state index in [2.05, 4.69) is 4.72 Å². The van der Waals surface area contributed by atoms with Gasteiger partial charge in [0.15, 0.2) is 0 Å². The van der Waals surface area contributed by atoms with E-state index in [0.717, 1.165) is 18.2 Å². The molecule has 2 aromatic carbocycles. The molecule has 8 nitrogen and oxygen atoms in total. The molecule has 0 saturated carbocycles. The van der Waals surface area contributed by atoms with Crippen LogP contribution in [0.4, 0.5) is 10.1 Å². The van der Waals surface area contributed by atoms with Crippen molar-refractivity contribution in [1.29, 1.82) is 0 Å². The third kappa shape index (κ3) is 4.61. The summed E-state index contributed by atoms with van der Waals surface area (Å²) < 4.78 is 44.9. The number of carbonyl (C=O) groups excluding carboxylic acids is 1. The molecule has 0 aliphatic carbocycles. The molecule has 0 aromatic heterocycles. The molecule has 0 aliphatic heterocycles. The molecule has 1 N–H and O–H groups in total. The van der Waals surface area contributed by atoms with Crippen LogP contribution in [-0.2, 0) is 10.0 Å². The SMILES string of the molecule is CC(C)NS(=O)(=O)c1cccc(C(=O)Oc2cc(F)ccc2[N+](=O)[O-])c1. The third-order valence-corrected chi connectivity index (χ3v) is 4.75. The number of nitro groups is 1. The number of halogens is 1. The number of esters is 1. The summed E-state index contributed by atoms with van der Waals surface area (Å²) in [5, 5.41) is 10.9. The summed E-state index contributed by atoms with van der Waals surface area (Å²) in [6.07, 6.45) is 0. The molecule has 0 aliphatic rings. The maximum Gasteiger partial charge on any atom is 0.343 e. The fourth-order valence-electron chi connectivity index (χ4n) is 2.05. The lowest BCUT2D eigenvalue weighted by atomic mass is 10.2. The van der Waals surface area contributed by atoms with Crippen molar-refractivity contribution in [3.05, 3.63) is 64.0 Å². The van der Waals surface area contributed by atoms with E-state index in [-0.39, 0.29) is 16.5 Å². The molecule has 0 spiro atoms. The molecule has 0 fully saturated rings. The van der Waals surface area contributed by atoms with Crippen molar-refractivity contribution < 1.29 is 27.3 Å². The molecule has 2 rings (SSSR count). The summed E-state index contributed by atoms with van der Waals surface area (Å²) in [6, 6.07) is 7.03. The van der Waals surface area contributed by atoms with Crippen LogP contribution < -0.4 is 9.46 Å². The first-order chi connectivity index (χ1) is 12.1. The lowest BCUT2D eigenvalue weighted by Gasteiger charge is -2.10. The van der Waals surface area contributed by atoms with Crippen LogP contribution in [0.15, 0.2) is 47.4 Å². The van der Waals surface area contributed by atoms with E-state index in [4.69, 9.17) is 4.74 Å². The molecule has 2 aromatic rings. The van der Waals surface area contributed by atoms with E-state index in [9.17, 15) is 27.7 Å².